The SMILES string of the molecule is NCc1cc(F)ccc1Oc1cccc([N+](=O)[O-])c1Br. The number of hydrogen-bond donors (Lipinski definition) is 1. The molecule has 0 fully saturated rings. The Morgan fingerprint density at radius 2 is 2.05 bits per heavy atom. The molecule has 20 heavy (non-hydrogen) atoms. The quantitative estimate of drug-likeness (QED) is 0.679. The maximum Gasteiger partial charge on any atom is 0.287 e. The molecule has 0 heterocycles. The van der Waals surface area contributed by atoms with E-state index in [4.69, 9.17) is 10.5 Å². The lowest BCUT2D eigenvalue weighted by atomic mass is 10.2. The standard InChI is InChI=1S/C13H10BrFN2O3/c14-13-10(17(18)19)2-1-3-12(13)20-11-5-4-9(15)6-8(11)7-16/h1-6H,7,16H2. The molecule has 0 aliphatic heterocycles. The summed E-state index contributed by atoms with van der Waals surface area (Å²) in [5.41, 5.74) is 5.89. The highest BCUT2D eigenvalue weighted by Crippen LogP contribution is 2.37. The van der Waals surface area contributed by atoms with Crippen LogP contribution in [0.1, 0.15) is 5.56 Å². The first-order chi connectivity index (χ1) is 9.52. The van der Waals surface area contributed by atoms with Crippen molar-refractivity contribution in [2.75, 3.05) is 0 Å². The third-order valence-electron chi connectivity index (χ3n) is 2.60. The van der Waals surface area contributed by atoms with Gasteiger partial charge in [-0.25, -0.2) is 4.39 Å². The van der Waals surface area contributed by atoms with E-state index < -0.39 is 10.7 Å². The molecule has 5 nitrogen and oxygen atoms in total. The highest BCUT2D eigenvalue weighted by molar-refractivity contribution is 9.10. The van der Waals surface area contributed by atoms with E-state index in [9.17, 15) is 14.5 Å². The first-order valence-corrected chi connectivity index (χ1v) is 6.41. The second-order valence-corrected chi connectivity index (χ2v) is 4.70. The zero-order valence-electron chi connectivity index (χ0n) is 10.2. The van der Waals surface area contributed by atoms with Crippen molar-refractivity contribution in [3.63, 3.8) is 0 Å². The highest BCUT2D eigenvalue weighted by Gasteiger charge is 2.17. The summed E-state index contributed by atoms with van der Waals surface area (Å²) in [7, 11) is 0. The summed E-state index contributed by atoms with van der Waals surface area (Å²) in [5, 5.41) is 10.8. The molecule has 0 aliphatic rings. The van der Waals surface area contributed by atoms with Gasteiger partial charge in [0.2, 0.25) is 0 Å². The van der Waals surface area contributed by atoms with Gasteiger partial charge in [0.05, 0.1) is 4.92 Å². The minimum atomic E-state index is -0.522. The van der Waals surface area contributed by atoms with Crippen molar-refractivity contribution >= 4 is 21.6 Å². The Labute approximate surface area is 122 Å². The lowest BCUT2D eigenvalue weighted by Gasteiger charge is -2.11. The van der Waals surface area contributed by atoms with Gasteiger partial charge in [-0.15, -0.1) is 0 Å². The Morgan fingerprint density at radius 1 is 1.30 bits per heavy atom. The van der Waals surface area contributed by atoms with Crippen molar-refractivity contribution in [2.24, 2.45) is 5.73 Å². The number of ether oxygens (including phenoxy) is 1. The predicted octanol–water partition coefficient (Wildman–Crippen LogP) is 3.75. The van der Waals surface area contributed by atoms with Crippen LogP contribution in [0.15, 0.2) is 40.9 Å². The maximum atomic E-state index is 13.1. The van der Waals surface area contributed by atoms with Crippen LogP contribution in [0.4, 0.5) is 10.1 Å². The van der Waals surface area contributed by atoms with Crippen LogP contribution in [0.3, 0.4) is 0 Å². The molecule has 0 aliphatic carbocycles. The Morgan fingerprint density at radius 3 is 2.70 bits per heavy atom. The van der Waals surface area contributed by atoms with E-state index in [0.717, 1.165) is 0 Å². The van der Waals surface area contributed by atoms with E-state index >= 15 is 0 Å². The van der Waals surface area contributed by atoms with Crippen molar-refractivity contribution in [1.29, 1.82) is 0 Å². The molecule has 0 amide bonds. The first kappa shape index (κ1) is 14.4. The van der Waals surface area contributed by atoms with Crippen LogP contribution >= 0.6 is 15.9 Å². The van der Waals surface area contributed by atoms with Gasteiger partial charge in [-0.2, -0.15) is 0 Å². The van der Waals surface area contributed by atoms with Crippen LogP contribution in [0.2, 0.25) is 0 Å². The summed E-state index contributed by atoms with van der Waals surface area (Å²) in [6.07, 6.45) is 0. The number of nitrogens with zero attached hydrogens (tertiary/aromatic N) is 1. The Balaban J connectivity index is 2.40. The smallest absolute Gasteiger partial charge is 0.287 e. The molecule has 0 bridgehead atoms. The van der Waals surface area contributed by atoms with Crippen molar-refractivity contribution in [1.82, 2.24) is 0 Å². The summed E-state index contributed by atoms with van der Waals surface area (Å²) in [6.45, 7) is 0.0969. The molecule has 0 spiro atoms. The van der Waals surface area contributed by atoms with Crippen LogP contribution in [-0.2, 0) is 6.54 Å². The highest BCUT2D eigenvalue weighted by atomic mass is 79.9. The summed E-state index contributed by atoms with van der Waals surface area (Å²) in [5.74, 6) is 0.200. The fourth-order valence-electron chi connectivity index (χ4n) is 1.64. The van der Waals surface area contributed by atoms with Crippen molar-refractivity contribution in [3.8, 4) is 11.5 Å². The normalized spacial score (nSPS) is 10.3. The van der Waals surface area contributed by atoms with Crippen molar-refractivity contribution < 1.29 is 14.1 Å². The molecule has 2 rings (SSSR count). The summed E-state index contributed by atoms with van der Waals surface area (Å²) < 4.78 is 18.9. The van der Waals surface area contributed by atoms with Gasteiger partial charge in [0.1, 0.15) is 21.8 Å². The molecule has 0 saturated carbocycles. The number of halogens is 2. The van der Waals surface area contributed by atoms with E-state index in [1.165, 1.54) is 30.3 Å². The van der Waals surface area contributed by atoms with Crippen molar-refractivity contribution in [3.05, 3.63) is 62.4 Å². The third-order valence-corrected chi connectivity index (χ3v) is 3.40. The number of nitrogens with two attached hydrogens (primary N) is 1. The second kappa shape index (κ2) is 5.98. The van der Waals surface area contributed by atoms with Gasteiger partial charge in [0, 0.05) is 18.2 Å². The van der Waals surface area contributed by atoms with Crippen LogP contribution < -0.4 is 10.5 Å². The topological polar surface area (TPSA) is 78.4 Å². The summed E-state index contributed by atoms with van der Waals surface area (Å²) in [4.78, 5) is 10.3. The monoisotopic (exact) mass is 340 g/mol. The zero-order valence-corrected chi connectivity index (χ0v) is 11.8. The van der Waals surface area contributed by atoms with E-state index in [2.05, 4.69) is 15.9 Å². The second-order valence-electron chi connectivity index (χ2n) is 3.90. The molecular weight excluding hydrogens is 331 g/mol. The molecular formula is C13H10BrFN2O3. The molecule has 104 valence electrons. The van der Waals surface area contributed by atoms with E-state index in [-0.39, 0.29) is 22.5 Å². The molecule has 2 N–H and O–H groups in total. The fourth-order valence-corrected chi connectivity index (χ4v) is 2.13. The number of nitro benzene ring substituents is 1. The molecule has 0 atom stereocenters. The van der Waals surface area contributed by atoms with Gasteiger partial charge in [0.15, 0.2) is 0 Å². The van der Waals surface area contributed by atoms with E-state index in [0.29, 0.717) is 11.3 Å². The molecule has 0 radical (unpaired) electrons. The average molecular weight is 341 g/mol. The molecule has 2 aromatic rings. The molecule has 0 unspecified atom stereocenters. The third kappa shape index (κ3) is 2.94. The van der Waals surface area contributed by atoms with E-state index in [1.807, 2.05) is 0 Å². The molecule has 7 heteroatoms. The first-order valence-electron chi connectivity index (χ1n) is 5.62. The predicted molar refractivity (Wildman–Crippen MR) is 75.2 cm³/mol. The molecule has 2 aromatic carbocycles. The average Bonchev–Trinajstić information content (AvgIpc) is 2.42. The molecule has 0 saturated heterocycles. The number of hydrogen-bond acceptors (Lipinski definition) is 4. The van der Waals surface area contributed by atoms with Crippen LogP contribution in [-0.4, -0.2) is 4.92 Å². The van der Waals surface area contributed by atoms with Crippen LogP contribution in [0.5, 0.6) is 11.5 Å². The fraction of sp³-hybridized carbons (Fsp3) is 0.0769. The van der Waals surface area contributed by atoms with Gasteiger partial charge >= 0.3 is 0 Å². The van der Waals surface area contributed by atoms with E-state index in [1.54, 1.807) is 6.07 Å². The zero-order chi connectivity index (χ0) is 14.7. The minimum Gasteiger partial charge on any atom is -0.456 e. The Kier molecular flexibility index (Phi) is 4.31. The lowest BCUT2D eigenvalue weighted by Crippen LogP contribution is -2.00. The molecule has 0 aromatic heterocycles. The van der Waals surface area contributed by atoms with Crippen molar-refractivity contribution in [2.45, 2.75) is 6.54 Å². The van der Waals surface area contributed by atoms with Crippen LogP contribution in [0, 0.1) is 15.9 Å². The van der Waals surface area contributed by atoms with Gasteiger partial charge in [-0.3, -0.25) is 10.1 Å². The number of rotatable bonds is 4. The largest absolute Gasteiger partial charge is 0.456 e. The Hall–Kier alpha value is -1.99. The van der Waals surface area contributed by atoms with Gasteiger partial charge in [-0.1, -0.05) is 6.07 Å². The number of benzene rings is 2. The summed E-state index contributed by atoms with van der Waals surface area (Å²) in [6, 6.07) is 8.36. The van der Waals surface area contributed by atoms with Gasteiger partial charge < -0.3 is 10.5 Å². The van der Waals surface area contributed by atoms with Gasteiger partial charge in [0.25, 0.3) is 5.69 Å². The van der Waals surface area contributed by atoms with Gasteiger partial charge in [-0.05, 0) is 40.2 Å². The number of nitro groups is 1. The lowest BCUT2D eigenvalue weighted by molar-refractivity contribution is -0.385. The maximum absolute atomic E-state index is 13.1. The Bertz CT molecular complexity index is 664. The summed E-state index contributed by atoms with van der Waals surface area (Å²) >= 11 is 3.13. The minimum absolute atomic E-state index is 0.0969. The van der Waals surface area contributed by atoms with Crippen LogP contribution in [0.25, 0.3) is 0 Å².